The normalized spacial score (nSPS) is 16.0. The number of rotatable bonds is 10. The number of hydrogen-bond acceptors (Lipinski definition) is 7. The predicted octanol–water partition coefficient (Wildman–Crippen LogP) is 8.26. The molecule has 0 amide bonds. The van der Waals surface area contributed by atoms with Crippen molar-refractivity contribution in [3.05, 3.63) is 82.9 Å². The van der Waals surface area contributed by atoms with E-state index >= 15 is 0 Å². The number of pyridine rings is 1. The van der Waals surface area contributed by atoms with Gasteiger partial charge in [-0.3, -0.25) is 0 Å². The molecule has 262 valence electrons. The van der Waals surface area contributed by atoms with E-state index < -0.39 is 29.3 Å². The van der Waals surface area contributed by atoms with Gasteiger partial charge in [0.2, 0.25) is 5.95 Å². The van der Waals surface area contributed by atoms with Crippen molar-refractivity contribution in [3.8, 4) is 0 Å². The van der Waals surface area contributed by atoms with Gasteiger partial charge in [0.25, 0.3) is 0 Å². The highest BCUT2D eigenvalue weighted by Gasteiger charge is 2.37. The van der Waals surface area contributed by atoms with Crippen LogP contribution in [-0.2, 0) is 30.2 Å². The molecule has 0 unspecified atom stereocenters. The summed E-state index contributed by atoms with van der Waals surface area (Å²) < 4.78 is 103. The molecule has 4 aromatic rings. The molecule has 1 aliphatic heterocycles. The lowest BCUT2D eigenvalue weighted by Gasteiger charge is -2.31. The summed E-state index contributed by atoms with van der Waals surface area (Å²) in [7, 11) is 0. The van der Waals surface area contributed by atoms with Gasteiger partial charge < -0.3 is 19.4 Å². The zero-order chi connectivity index (χ0) is 34.8. The van der Waals surface area contributed by atoms with Gasteiger partial charge in [0.1, 0.15) is 11.6 Å². The Kier molecular flexibility index (Phi) is 10.1. The van der Waals surface area contributed by atoms with Crippen molar-refractivity contribution >= 4 is 28.4 Å². The van der Waals surface area contributed by atoms with E-state index in [9.17, 15) is 30.7 Å². The highest BCUT2D eigenvalue weighted by atomic mass is 19.4. The highest BCUT2D eigenvalue weighted by Crippen LogP contribution is 2.37. The molecular formula is C35H37F7N6O. The van der Waals surface area contributed by atoms with E-state index in [1.165, 1.54) is 12.1 Å². The average Bonchev–Trinajstić information content (AvgIpc) is 3.60. The SMILES string of the molecule is CCN(CC1CCCC1)c1nc2cc(F)ccc2cc1CN(Cc1cc(C(F)(F)F)cc(C(F)(F)F)c1)c1ncc(N2CCOCC2)cn1. The lowest BCUT2D eigenvalue weighted by atomic mass is 10.0. The maximum atomic E-state index is 14.3. The number of hydrogen-bond donors (Lipinski definition) is 0. The van der Waals surface area contributed by atoms with E-state index in [0.717, 1.165) is 37.8 Å². The number of nitrogens with zero attached hydrogens (tertiary/aromatic N) is 6. The number of fused-ring (bicyclic) bond motifs is 1. The van der Waals surface area contributed by atoms with Gasteiger partial charge in [0.15, 0.2) is 0 Å². The molecule has 2 aromatic heterocycles. The molecule has 3 heterocycles. The molecule has 1 saturated carbocycles. The van der Waals surface area contributed by atoms with Gasteiger partial charge in [-0.25, -0.2) is 19.3 Å². The molecule has 7 nitrogen and oxygen atoms in total. The Labute approximate surface area is 279 Å². The van der Waals surface area contributed by atoms with Crippen LogP contribution < -0.4 is 14.7 Å². The number of aromatic nitrogens is 3. The number of anilines is 3. The van der Waals surface area contributed by atoms with Gasteiger partial charge >= 0.3 is 12.4 Å². The third kappa shape index (κ3) is 8.34. The number of ether oxygens (including phenoxy) is 1. The van der Waals surface area contributed by atoms with Crippen molar-refractivity contribution in [2.45, 2.75) is 58.0 Å². The monoisotopic (exact) mass is 690 g/mol. The van der Waals surface area contributed by atoms with E-state index in [1.807, 2.05) is 17.9 Å². The van der Waals surface area contributed by atoms with Crippen LogP contribution in [0.1, 0.15) is 54.9 Å². The van der Waals surface area contributed by atoms with Crippen LogP contribution >= 0.6 is 0 Å². The van der Waals surface area contributed by atoms with E-state index in [-0.39, 0.29) is 30.7 Å². The summed E-state index contributed by atoms with van der Waals surface area (Å²) >= 11 is 0. The van der Waals surface area contributed by atoms with E-state index in [0.29, 0.717) is 73.3 Å². The Morgan fingerprint density at radius 2 is 1.49 bits per heavy atom. The lowest BCUT2D eigenvalue weighted by molar-refractivity contribution is -0.143. The van der Waals surface area contributed by atoms with E-state index in [4.69, 9.17) is 9.72 Å². The highest BCUT2D eigenvalue weighted by molar-refractivity contribution is 5.82. The largest absolute Gasteiger partial charge is 0.416 e. The molecule has 0 atom stereocenters. The Morgan fingerprint density at radius 1 is 0.837 bits per heavy atom. The minimum absolute atomic E-state index is 0.00527. The number of halogens is 7. The van der Waals surface area contributed by atoms with Crippen LogP contribution in [0.15, 0.2) is 54.9 Å². The minimum atomic E-state index is -5.00. The number of alkyl halides is 6. The first-order valence-corrected chi connectivity index (χ1v) is 16.4. The molecule has 0 bridgehead atoms. The van der Waals surface area contributed by atoms with Crippen molar-refractivity contribution in [2.24, 2.45) is 5.92 Å². The van der Waals surface area contributed by atoms with Crippen molar-refractivity contribution in [3.63, 3.8) is 0 Å². The zero-order valence-electron chi connectivity index (χ0n) is 27.0. The summed E-state index contributed by atoms with van der Waals surface area (Å²) in [4.78, 5) is 19.7. The molecule has 2 fully saturated rings. The van der Waals surface area contributed by atoms with Crippen LogP contribution in [0.5, 0.6) is 0 Å². The Balaban J connectivity index is 1.43. The molecular weight excluding hydrogens is 653 g/mol. The number of morpholine rings is 1. The Morgan fingerprint density at radius 3 is 2.10 bits per heavy atom. The first-order chi connectivity index (χ1) is 23.4. The summed E-state index contributed by atoms with van der Waals surface area (Å²) in [6.07, 6.45) is -2.40. The quantitative estimate of drug-likeness (QED) is 0.155. The maximum absolute atomic E-state index is 14.3. The molecule has 1 aliphatic carbocycles. The van der Waals surface area contributed by atoms with Gasteiger partial charge in [-0.15, -0.1) is 0 Å². The first kappa shape index (κ1) is 34.7. The lowest BCUT2D eigenvalue weighted by Crippen LogP contribution is -2.36. The van der Waals surface area contributed by atoms with E-state index in [2.05, 4.69) is 14.9 Å². The van der Waals surface area contributed by atoms with Crippen LogP contribution in [0.3, 0.4) is 0 Å². The fourth-order valence-electron chi connectivity index (χ4n) is 6.63. The second-order valence-electron chi connectivity index (χ2n) is 12.6. The molecule has 0 radical (unpaired) electrons. The first-order valence-electron chi connectivity index (χ1n) is 16.4. The van der Waals surface area contributed by atoms with Crippen LogP contribution in [0.4, 0.5) is 48.2 Å². The van der Waals surface area contributed by atoms with Crippen LogP contribution in [0.25, 0.3) is 10.9 Å². The smallest absolute Gasteiger partial charge is 0.378 e. The molecule has 49 heavy (non-hydrogen) atoms. The van der Waals surface area contributed by atoms with Gasteiger partial charge in [-0.1, -0.05) is 12.8 Å². The van der Waals surface area contributed by atoms with Crippen LogP contribution in [-0.4, -0.2) is 54.3 Å². The Hall–Kier alpha value is -4.20. The topological polar surface area (TPSA) is 57.6 Å². The second-order valence-corrected chi connectivity index (χ2v) is 12.6. The van der Waals surface area contributed by atoms with Gasteiger partial charge in [-0.05, 0) is 67.6 Å². The van der Waals surface area contributed by atoms with Crippen LogP contribution in [0.2, 0.25) is 0 Å². The maximum Gasteiger partial charge on any atom is 0.416 e. The number of benzene rings is 2. The Bertz CT molecular complexity index is 1700. The van der Waals surface area contributed by atoms with E-state index in [1.54, 1.807) is 23.4 Å². The van der Waals surface area contributed by atoms with Crippen LogP contribution in [0, 0.1) is 11.7 Å². The van der Waals surface area contributed by atoms with Gasteiger partial charge in [0, 0.05) is 56.3 Å². The standard InChI is InChI=1S/C35H37F7N6O/c1-2-46(20-23-5-3-4-6-23)32-26(15-25-7-8-29(36)17-31(25)45-32)22-48(33-43-18-30(19-44-33)47-9-11-49-12-10-47)21-24-13-27(34(37,38)39)16-28(14-24)35(40,41)42/h7-8,13-19,23H,2-6,9-12,20-22H2,1H3. The van der Waals surface area contributed by atoms with Crippen molar-refractivity contribution in [1.82, 2.24) is 15.0 Å². The molecule has 0 N–H and O–H groups in total. The summed E-state index contributed by atoms with van der Waals surface area (Å²) in [5.41, 5.74) is -1.20. The predicted molar refractivity (Wildman–Crippen MR) is 173 cm³/mol. The summed E-state index contributed by atoms with van der Waals surface area (Å²) in [5, 5.41) is 0.638. The summed E-state index contributed by atoms with van der Waals surface area (Å²) in [6, 6.07) is 7.67. The second kappa shape index (κ2) is 14.3. The molecule has 1 saturated heterocycles. The fraction of sp³-hybridized carbons (Fsp3) is 0.457. The van der Waals surface area contributed by atoms with Crippen molar-refractivity contribution in [2.75, 3.05) is 54.1 Å². The van der Waals surface area contributed by atoms with Crippen molar-refractivity contribution in [1.29, 1.82) is 0 Å². The molecule has 14 heteroatoms. The zero-order valence-corrected chi connectivity index (χ0v) is 27.0. The minimum Gasteiger partial charge on any atom is -0.378 e. The molecule has 6 rings (SSSR count). The molecule has 2 aliphatic rings. The van der Waals surface area contributed by atoms with Gasteiger partial charge in [0.05, 0.1) is 47.9 Å². The molecule has 0 spiro atoms. The third-order valence-corrected chi connectivity index (χ3v) is 9.14. The summed E-state index contributed by atoms with van der Waals surface area (Å²) in [6.45, 7) is 5.24. The summed E-state index contributed by atoms with van der Waals surface area (Å²) in [5.74, 6) is 0.684. The average molecular weight is 691 g/mol. The van der Waals surface area contributed by atoms with Gasteiger partial charge in [-0.2, -0.15) is 26.3 Å². The third-order valence-electron chi connectivity index (χ3n) is 9.14. The molecule has 2 aromatic carbocycles. The fourth-order valence-corrected chi connectivity index (χ4v) is 6.63. The van der Waals surface area contributed by atoms with Crippen molar-refractivity contribution < 1.29 is 35.5 Å².